The van der Waals surface area contributed by atoms with Gasteiger partial charge < -0.3 is 10.2 Å². The van der Waals surface area contributed by atoms with Gasteiger partial charge in [-0.05, 0) is 33.2 Å². The molecule has 2 aromatic rings. The van der Waals surface area contributed by atoms with Crippen LogP contribution in [0, 0.1) is 6.92 Å². The highest BCUT2D eigenvalue weighted by atomic mass is 16.1. The number of nitrogens with zero attached hydrogens (tertiary/aromatic N) is 2. The van der Waals surface area contributed by atoms with Crippen LogP contribution in [0.15, 0.2) is 30.3 Å². The largest absolute Gasteiger partial charge is 0.324 e. The molecule has 0 spiro atoms. The van der Waals surface area contributed by atoms with Crippen LogP contribution in [0.3, 0.4) is 0 Å². The molecule has 4 heteroatoms. The Morgan fingerprint density at radius 2 is 2.05 bits per heavy atom. The van der Waals surface area contributed by atoms with Crippen molar-refractivity contribution in [2.24, 2.45) is 0 Å². The molecule has 0 aliphatic carbocycles. The van der Waals surface area contributed by atoms with Crippen molar-refractivity contribution in [1.82, 2.24) is 9.88 Å². The molecule has 0 fully saturated rings. The Labute approximate surface area is 113 Å². The summed E-state index contributed by atoms with van der Waals surface area (Å²) in [5, 5.41) is 3.98. The topological polar surface area (TPSA) is 45.2 Å². The molecule has 0 saturated carbocycles. The van der Waals surface area contributed by atoms with Crippen LogP contribution in [-0.2, 0) is 4.79 Å². The lowest BCUT2D eigenvalue weighted by Gasteiger charge is -2.11. The molecule has 0 aliphatic heterocycles. The van der Waals surface area contributed by atoms with E-state index in [1.165, 1.54) is 0 Å². The zero-order chi connectivity index (χ0) is 13.8. The fourth-order valence-corrected chi connectivity index (χ4v) is 1.88. The molecule has 2 rings (SSSR count). The molecule has 4 nitrogen and oxygen atoms in total. The Balaban J connectivity index is 2.20. The lowest BCUT2D eigenvalue weighted by atomic mass is 10.1. The number of carbonyl (C=O) groups is 1. The van der Waals surface area contributed by atoms with E-state index in [4.69, 9.17) is 0 Å². The molecule has 0 aliphatic rings. The van der Waals surface area contributed by atoms with Gasteiger partial charge in [-0.3, -0.25) is 9.78 Å². The minimum absolute atomic E-state index is 0.0181. The Kier molecular flexibility index (Phi) is 4.12. The number of rotatable bonds is 4. The van der Waals surface area contributed by atoms with Crippen LogP contribution >= 0.6 is 0 Å². The number of benzene rings is 1. The summed E-state index contributed by atoms with van der Waals surface area (Å²) >= 11 is 0. The van der Waals surface area contributed by atoms with Crippen LogP contribution < -0.4 is 5.32 Å². The highest BCUT2D eigenvalue weighted by Crippen LogP contribution is 2.21. The molecule has 0 saturated heterocycles. The maximum Gasteiger partial charge on any atom is 0.225 e. The average molecular weight is 257 g/mol. The highest BCUT2D eigenvalue weighted by Gasteiger charge is 2.07. The first-order chi connectivity index (χ1) is 9.06. The van der Waals surface area contributed by atoms with Crippen LogP contribution in [0.25, 0.3) is 10.9 Å². The van der Waals surface area contributed by atoms with E-state index in [0.717, 1.165) is 28.8 Å². The summed E-state index contributed by atoms with van der Waals surface area (Å²) in [7, 11) is 3.91. The van der Waals surface area contributed by atoms with Gasteiger partial charge in [0.05, 0.1) is 11.2 Å². The fraction of sp³-hybridized carbons (Fsp3) is 0.333. The molecule has 0 atom stereocenters. The number of aromatic nitrogens is 1. The number of nitrogens with one attached hydrogen (secondary N) is 1. The van der Waals surface area contributed by atoms with Crippen molar-refractivity contribution in [3.05, 3.63) is 36.0 Å². The van der Waals surface area contributed by atoms with Crippen molar-refractivity contribution in [2.45, 2.75) is 13.3 Å². The Morgan fingerprint density at radius 3 is 2.79 bits per heavy atom. The van der Waals surface area contributed by atoms with Gasteiger partial charge in [0.15, 0.2) is 0 Å². The first kappa shape index (κ1) is 13.5. The number of anilines is 1. The standard InChI is InChI=1S/C15H19N3O/c1-11-7-8-12-5-4-6-13(15(12)16-11)17-14(19)9-10-18(2)3/h4-8H,9-10H2,1-3H3,(H,17,19). The summed E-state index contributed by atoms with van der Waals surface area (Å²) in [6, 6.07) is 9.81. The van der Waals surface area contributed by atoms with E-state index in [2.05, 4.69) is 10.3 Å². The minimum Gasteiger partial charge on any atom is -0.324 e. The summed E-state index contributed by atoms with van der Waals surface area (Å²) < 4.78 is 0. The number of fused-ring (bicyclic) bond motifs is 1. The van der Waals surface area contributed by atoms with E-state index in [1.807, 2.05) is 56.3 Å². The third-order valence-corrected chi connectivity index (χ3v) is 2.92. The van der Waals surface area contributed by atoms with Crippen LogP contribution in [0.1, 0.15) is 12.1 Å². The number of pyridine rings is 1. The van der Waals surface area contributed by atoms with E-state index in [0.29, 0.717) is 6.42 Å². The normalized spacial score (nSPS) is 10.9. The second-order valence-electron chi connectivity index (χ2n) is 4.93. The molecule has 100 valence electrons. The van der Waals surface area contributed by atoms with E-state index in [-0.39, 0.29) is 5.91 Å². The Morgan fingerprint density at radius 1 is 1.26 bits per heavy atom. The Bertz CT molecular complexity index is 593. The third kappa shape index (κ3) is 3.51. The van der Waals surface area contributed by atoms with E-state index >= 15 is 0 Å². The molecule has 1 aromatic heterocycles. The molecule has 1 aromatic carbocycles. The van der Waals surface area contributed by atoms with Gasteiger partial charge in [0, 0.05) is 24.0 Å². The van der Waals surface area contributed by atoms with Crippen molar-refractivity contribution >= 4 is 22.5 Å². The minimum atomic E-state index is 0.0181. The molecule has 0 radical (unpaired) electrons. The molecule has 1 amide bonds. The lowest BCUT2D eigenvalue weighted by Crippen LogP contribution is -2.20. The van der Waals surface area contributed by atoms with Gasteiger partial charge in [0.1, 0.15) is 0 Å². The molecule has 1 N–H and O–H groups in total. The first-order valence-corrected chi connectivity index (χ1v) is 6.37. The number of carbonyl (C=O) groups excluding carboxylic acids is 1. The van der Waals surface area contributed by atoms with Gasteiger partial charge in [-0.15, -0.1) is 0 Å². The number of hydrogen-bond acceptors (Lipinski definition) is 3. The SMILES string of the molecule is Cc1ccc2cccc(NC(=O)CCN(C)C)c2n1. The monoisotopic (exact) mass is 257 g/mol. The fourth-order valence-electron chi connectivity index (χ4n) is 1.88. The van der Waals surface area contributed by atoms with E-state index < -0.39 is 0 Å². The van der Waals surface area contributed by atoms with Crippen LogP contribution in [0.4, 0.5) is 5.69 Å². The van der Waals surface area contributed by atoms with Crippen molar-refractivity contribution in [1.29, 1.82) is 0 Å². The Hall–Kier alpha value is -1.94. The lowest BCUT2D eigenvalue weighted by molar-refractivity contribution is -0.116. The van der Waals surface area contributed by atoms with E-state index in [9.17, 15) is 4.79 Å². The second-order valence-corrected chi connectivity index (χ2v) is 4.93. The molecule has 19 heavy (non-hydrogen) atoms. The van der Waals surface area contributed by atoms with Crippen LogP contribution in [-0.4, -0.2) is 36.4 Å². The van der Waals surface area contributed by atoms with Gasteiger partial charge in [-0.25, -0.2) is 0 Å². The molecule has 0 bridgehead atoms. The molecular formula is C15H19N3O. The van der Waals surface area contributed by atoms with Crippen molar-refractivity contribution in [2.75, 3.05) is 26.0 Å². The van der Waals surface area contributed by atoms with Gasteiger partial charge in [0.25, 0.3) is 0 Å². The molecule has 1 heterocycles. The number of hydrogen-bond donors (Lipinski definition) is 1. The highest BCUT2D eigenvalue weighted by molar-refractivity contribution is 6.00. The van der Waals surface area contributed by atoms with Crippen molar-refractivity contribution < 1.29 is 4.79 Å². The van der Waals surface area contributed by atoms with Crippen molar-refractivity contribution in [3.63, 3.8) is 0 Å². The van der Waals surface area contributed by atoms with E-state index in [1.54, 1.807) is 0 Å². The second kappa shape index (κ2) is 5.80. The van der Waals surface area contributed by atoms with Crippen LogP contribution in [0.2, 0.25) is 0 Å². The summed E-state index contributed by atoms with van der Waals surface area (Å²) in [5.41, 5.74) is 2.58. The number of aryl methyl sites for hydroxylation is 1. The maximum atomic E-state index is 11.9. The number of para-hydroxylation sites is 1. The van der Waals surface area contributed by atoms with Crippen molar-refractivity contribution in [3.8, 4) is 0 Å². The van der Waals surface area contributed by atoms with Gasteiger partial charge in [-0.2, -0.15) is 0 Å². The quantitative estimate of drug-likeness (QED) is 0.915. The van der Waals surface area contributed by atoms with Gasteiger partial charge in [-0.1, -0.05) is 18.2 Å². The zero-order valence-corrected chi connectivity index (χ0v) is 11.6. The maximum absolute atomic E-state index is 11.9. The first-order valence-electron chi connectivity index (χ1n) is 6.37. The predicted octanol–water partition coefficient (Wildman–Crippen LogP) is 2.43. The average Bonchev–Trinajstić information content (AvgIpc) is 2.37. The van der Waals surface area contributed by atoms with Gasteiger partial charge >= 0.3 is 0 Å². The van der Waals surface area contributed by atoms with Gasteiger partial charge in [0.2, 0.25) is 5.91 Å². The smallest absolute Gasteiger partial charge is 0.225 e. The predicted molar refractivity (Wildman–Crippen MR) is 78.3 cm³/mol. The number of amides is 1. The third-order valence-electron chi connectivity index (χ3n) is 2.92. The summed E-state index contributed by atoms with van der Waals surface area (Å²) in [6.07, 6.45) is 0.481. The molecular weight excluding hydrogens is 238 g/mol. The summed E-state index contributed by atoms with van der Waals surface area (Å²) in [6.45, 7) is 2.69. The zero-order valence-electron chi connectivity index (χ0n) is 11.6. The van der Waals surface area contributed by atoms with Crippen LogP contribution in [0.5, 0.6) is 0 Å². The summed E-state index contributed by atoms with van der Waals surface area (Å²) in [5.74, 6) is 0.0181. The summed E-state index contributed by atoms with van der Waals surface area (Å²) in [4.78, 5) is 18.4. The molecule has 0 unspecified atom stereocenters.